The largest absolute Gasteiger partial charge is 0.488 e. The summed E-state index contributed by atoms with van der Waals surface area (Å²) in [5.74, 6) is 2.17. The lowest BCUT2D eigenvalue weighted by Crippen LogP contribution is -2.22. The van der Waals surface area contributed by atoms with Gasteiger partial charge in [-0.15, -0.1) is 0 Å². The van der Waals surface area contributed by atoms with E-state index in [0.717, 1.165) is 17.1 Å². The van der Waals surface area contributed by atoms with E-state index in [1.165, 1.54) is 0 Å². The van der Waals surface area contributed by atoms with E-state index >= 15 is 0 Å². The highest BCUT2D eigenvalue weighted by Gasteiger charge is 2.11. The van der Waals surface area contributed by atoms with Crippen LogP contribution in [0.25, 0.3) is 0 Å². The highest BCUT2D eigenvalue weighted by molar-refractivity contribution is 7.71. The molecule has 0 bridgehead atoms. The van der Waals surface area contributed by atoms with Crippen LogP contribution in [0.5, 0.6) is 11.5 Å². The zero-order chi connectivity index (χ0) is 19.3. The molecule has 0 spiro atoms. The average Bonchev–Trinajstić information content (AvgIpc) is 2.99. The van der Waals surface area contributed by atoms with E-state index in [1.807, 2.05) is 75.4 Å². The lowest BCUT2D eigenvalue weighted by atomic mass is 10.2. The second-order valence-corrected chi connectivity index (χ2v) is 7.27. The van der Waals surface area contributed by atoms with Crippen molar-refractivity contribution in [3.63, 3.8) is 0 Å². The van der Waals surface area contributed by atoms with Crippen LogP contribution in [0.2, 0.25) is 0 Å². The van der Waals surface area contributed by atoms with Gasteiger partial charge in [-0.25, -0.2) is 5.10 Å². The Morgan fingerprint density at radius 3 is 2.44 bits per heavy atom. The van der Waals surface area contributed by atoms with Crippen LogP contribution in [0.1, 0.15) is 32.2 Å². The molecule has 0 amide bonds. The molecule has 1 aromatic heterocycles. The van der Waals surface area contributed by atoms with Crippen LogP contribution in [0.3, 0.4) is 0 Å². The number of nitrogens with one attached hydrogen (secondary N) is 1. The zero-order valence-electron chi connectivity index (χ0n) is 15.5. The molecule has 3 aromatic rings. The van der Waals surface area contributed by atoms with E-state index in [-0.39, 0.29) is 12.2 Å². The number of hydrogen-bond donors (Lipinski definition) is 1. The van der Waals surface area contributed by atoms with Gasteiger partial charge in [0.25, 0.3) is 0 Å². The number of nitrogens with zero attached hydrogens (tertiary/aromatic N) is 3. The van der Waals surface area contributed by atoms with Crippen molar-refractivity contribution in [2.45, 2.75) is 33.0 Å². The number of ether oxygens (including phenoxy) is 2. The number of H-pyrrole nitrogens is 1. The third-order valence-corrected chi connectivity index (χ3v) is 3.72. The summed E-state index contributed by atoms with van der Waals surface area (Å²) in [7, 11) is 0. The summed E-state index contributed by atoms with van der Waals surface area (Å²) >= 11 is 5.26. The van der Waals surface area contributed by atoms with Crippen LogP contribution in [0.15, 0.2) is 59.7 Å². The van der Waals surface area contributed by atoms with Crippen LogP contribution in [0, 0.1) is 4.77 Å². The SMILES string of the molecule is CC(C)(C)Oc1ccc(/C=N\n2c(COc3ccccc3)n[nH]c2=S)cc1. The Kier molecular flexibility index (Phi) is 5.71. The number of aromatic nitrogens is 3. The first-order chi connectivity index (χ1) is 12.9. The fraction of sp³-hybridized carbons (Fsp3) is 0.250. The van der Waals surface area contributed by atoms with E-state index in [1.54, 1.807) is 10.9 Å². The van der Waals surface area contributed by atoms with Crippen LogP contribution in [-0.2, 0) is 6.61 Å². The van der Waals surface area contributed by atoms with Crippen molar-refractivity contribution >= 4 is 18.4 Å². The molecule has 0 saturated heterocycles. The van der Waals surface area contributed by atoms with Gasteiger partial charge in [0.1, 0.15) is 23.7 Å². The predicted octanol–water partition coefficient (Wildman–Crippen LogP) is 4.58. The molecule has 6 nitrogen and oxygen atoms in total. The summed E-state index contributed by atoms with van der Waals surface area (Å²) in [6.07, 6.45) is 1.72. The van der Waals surface area contributed by atoms with Crippen LogP contribution < -0.4 is 9.47 Å². The summed E-state index contributed by atoms with van der Waals surface area (Å²) in [5, 5.41) is 11.4. The lowest BCUT2D eigenvalue weighted by molar-refractivity contribution is 0.131. The van der Waals surface area contributed by atoms with Gasteiger partial charge in [0, 0.05) is 0 Å². The van der Waals surface area contributed by atoms with Crippen molar-refractivity contribution in [1.29, 1.82) is 0 Å². The van der Waals surface area contributed by atoms with Crippen molar-refractivity contribution in [3.05, 3.63) is 70.8 Å². The van der Waals surface area contributed by atoms with E-state index in [0.29, 0.717) is 10.6 Å². The van der Waals surface area contributed by atoms with Crippen LogP contribution >= 0.6 is 12.2 Å². The third-order valence-electron chi connectivity index (χ3n) is 3.46. The van der Waals surface area contributed by atoms with Crippen LogP contribution in [0.4, 0.5) is 0 Å². The number of para-hydroxylation sites is 1. The van der Waals surface area contributed by atoms with E-state index in [9.17, 15) is 0 Å². The van der Waals surface area contributed by atoms with Crippen molar-refractivity contribution in [2.75, 3.05) is 0 Å². The second kappa shape index (κ2) is 8.18. The van der Waals surface area contributed by atoms with E-state index < -0.39 is 0 Å². The Bertz CT molecular complexity index is 954. The van der Waals surface area contributed by atoms with Gasteiger partial charge < -0.3 is 9.47 Å². The van der Waals surface area contributed by atoms with E-state index in [4.69, 9.17) is 21.7 Å². The predicted molar refractivity (Wildman–Crippen MR) is 108 cm³/mol. The Morgan fingerprint density at radius 1 is 1.07 bits per heavy atom. The molecule has 7 heteroatoms. The molecule has 0 atom stereocenters. The summed E-state index contributed by atoms with van der Waals surface area (Å²) in [6.45, 7) is 6.30. The third kappa shape index (κ3) is 5.52. The molecular formula is C20H22N4O2S. The molecular weight excluding hydrogens is 360 g/mol. The standard InChI is InChI=1S/C20H22N4O2S/c1-20(2,3)26-17-11-9-15(10-12-17)13-21-24-18(22-23-19(24)27)14-25-16-7-5-4-6-8-16/h4-13H,14H2,1-3H3,(H,23,27)/b21-13-. The monoisotopic (exact) mass is 382 g/mol. The fourth-order valence-electron chi connectivity index (χ4n) is 2.30. The number of rotatable bonds is 6. The Balaban J connectivity index is 1.70. The first-order valence-electron chi connectivity index (χ1n) is 8.58. The lowest BCUT2D eigenvalue weighted by Gasteiger charge is -2.21. The maximum Gasteiger partial charge on any atom is 0.216 e. The summed E-state index contributed by atoms with van der Waals surface area (Å²) in [4.78, 5) is 0. The van der Waals surface area contributed by atoms with Crippen molar-refractivity contribution in [3.8, 4) is 11.5 Å². The van der Waals surface area contributed by atoms with Crippen LogP contribution in [-0.4, -0.2) is 26.7 Å². The Morgan fingerprint density at radius 2 is 1.78 bits per heavy atom. The highest BCUT2D eigenvalue weighted by Crippen LogP contribution is 2.18. The second-order valence-electron chi connectivity index (χ2n) is 6.89. The number of aromatic amines is 1. The summed E-state index contributed by atoms with van der Waals surface area (Å²) < 4.78 is 13.5. The molecule has 0 radical (unpaired) electrons. The van der Waals surface area contributed by atoms with Crippen molar-refractivity contribution in [1.82, 2.24) is 14.9 Å². The quantitative estimate of drug-likeness (QED) is 0.501. The van der Waals surface area contributed by atoms with Gasteiger partial charge in [-0.1, -0.05) is 18.2 Å². The minimum absolute atomic E-state index is 0.229. The molecule has 0 fully saturated rings. The molecule has 0 unspecified atom stereocenters. The maximum absolute atomic E-state index is 5.82. The normalized spacial score (nSPS) is 11.7. The van der Waals surface area contributed by atoms with Gasteiger partial charge in [-0.2, -0.15) is 14.9 Å². The highest BCUT2D eigenvalue weighted by atomic mass is 32.1. The molecule has 27 heavy (non-hydrogen) atoms. The zero-order valence-corrected chi connectivity index (χ0v) is 16.4. The smallest absolute Gasteiger partial charge is 0.216 e. The fourth-order valence-corrected chi connectivity index (χ4v) is 2.50. The van der Waals surface area contributed by atoms with Gasteiger partial charge in [-0.3, -0.25) is 0 Å². The minimum Gasteiger partial charge on any atom is -0.488 e. The number of benzene rings is 2. The average molecular weight is 382 g/mol. The first kappa shape index (κ1) is 18.8. The van der Waals surface area contributed by atoms with E-state index in [2.05, 4.69) is 15.3 Å². The molecule has 1 heterocycles. The Hall–Kier alpha value is -2.93. The minimum atomic E-state index is -0.229. The van der Waals surface area contributed by atoms with Gasteiger partial charge in [0.05, 0.1) is 6.21 Å². The molecule has 2 aromatic carbocycles. The molecule has 1 N–H and O–H groups in total. The number of hydrogen-bond acceptors (Lipinski definition) is 5. The maximum atomic E-state index is 5.82. The van der Waals surface area contributed by atoms with Gasteiger partial charge in [0.15, 0.2) is 5.82 Å². The molecule has 140 valence electrons. The molecule has 0 saturated carbocycles. The molecule has 0 aliphatic heterocycles. The van der Waals surface area contributed by atoms with Crippen molar-refractivity contribution in [2.24, 2.45) is 5.10 Å². The van der Waals surface area contributed by atoms with Gasteiger partial charge >= 0.3 is 0 Å². The molecule has 0 aliphatic rings. The molecule has 0 aliphatic carbocycles. The Labute approximate surface area is 163 Å². The first-order valence-corrected chi connectivity index (χ1v) is 8.99. The van der Waals surface area contributed by atoms with Crippen molar-refractivity contribution < 1.29 is 9.47 Å². The van der Waals surface area contributed by atoms with Gasteiger partial charge in [-0.05, 0) is 75.0 Å². The van der Waals surface area contributed by atoms with Gasteiger partial charge in [0.2, 0.25) is 4.77 Å². The topological polar surface area (TPSA) is 64.4 Å². The summed E-state index contributed by atoms with van der Waals surface area (Å²) in [6, 6.07) is 17.2. The molecule has 3 rings (SSSR count). The summed E-state index contributed by atoms with van der Waals surface area (Å²) in [5.41, 5.74) is 0.696.